The molecule has 1 spiro atoms. The third kappa shape index (κ3) is 3.59. The van der Waals surface area contributed by atoms with Crippen molar-refractivity contribution in [3.8, 4) is 0 Å². The predicted molar refractivity (Wildman–Crippen MR) is 96.6 cm³/mol. The van der Waals surface area contributed by atoms with Gasteiger partial charge in [0, 0.05) is 30.1 Å². The zero-order chi connectivity index (χ0) is 18.9. The van der Waals surface area contributed by atoms with Crippen LogP contribution in [0.1, 0.15) is 65.0 Å². The topological polar surface area (TPSA) is 107 Å². The summed E-state index contributed by atoms with van der Waals surface area (Å²) >= 11 is 0. The minimum Gasteiger partial charge on any atom is -0.323 e. The molecule has 26 heavy (non-hydrogen) atoms. The van der Waals surface area contributed by atoms with Gasteiger partial charge in [0.1, 0.15) is 5.54 Å². The largest absolute Gasteiger partial charge is 0.325 e. The van der Waals surface area contributed by atoms with Gasteiger partial charge in [-0.1, -0.05) is 40.0 Å². The van der Waals surface area contributed by atoms with E-state index in [0.717, 1.165) is 25.0 Å². The fourth-order valence-electron chi connectivity index (χ4n) is 3.56. The Morgan fingerprint density at radius 2 is 1.96 bits per heavy atom. The standard InChI is InChI=1S/C18H27N5O3/c1-17(2,3)12-11-13(22-21-12)19-14(24)7-10-23-15(25)18(20-16(23)26)8-5-4-6-9-18/h11H,4-10H2,1-3H3,(H,20,26)(H2,19,21,22,24). The quantitative estimate of drug-likeness (QED) is 0.715. The molecule has 8 nitrogen and oxygen atoms in total. The molecule has 3 N–H and O–H groups in total. The number of nitrogens with one attached hydrogen (secondary N) is 3. The van der Waals surface area contributed by atoms with E-state index < -0.39 is 5.54 Å². The summed E-state index contributed by atoms with van der Waals surface area (Å²) in [7, 11) is 0. The summed E-state index contributed by atoms with van der Waals surface area (Å²) in [5.41, 5.74) is 0.0844. The van der Waals surface area contributed by atoms with E-state index >= 15 is 0 Å². The van der Waals surface area contributed by atoms with Crippen LogP contribution in [0.15, 0.2) is 6.07 Å². The van der Waals surface area contributed by atoms with Crippen molar-refractivity contribution >= 4 is 23.7 Å². The fraction of sp³-hybridized carbons (Fsp3) is 0.667. The Balaban J connectivity index is 1.55. The lowest BCUT2D eigenvalue weighted by Gasteiger charge is -2.30. The van der Waals surface area contributed by atoms with Crippen LogP contribution in [0, 0.1) is 0 Å². The van der Waals surface area contributed by atoms with E-state index in [4.69, 9.17) is 0 Å². The Hall–Kier alpha value is -2.38. The number of amides is 4. The maximum absolute atomic E-state index is 12.7. The highest BCUT2D eigenvalue weighted by Crippen LogP contribution is 2.33. The van der Waals surface area contributed by atoms with Gasteiger partial charge in [-0.2, -0.15) is 5.10 Å². The van der Waals surface area contributed by atoms with Gasteiger partial charge in [0.05, 0.1) is 0 Å². The van der Waals surface area contributed by atoms with Gasteiger partial charge in [0.25, 0.3) is 5.91 Å². The monoisotopic (exact) mass is 361 g/mol. The number of nitrogens with zero attached hydrogens (tertiary/aromatic N) is 2. The van der Waals surface area contributed by atoms with Crippen LogP contribution in [0.2, 0.25) is 0 Å². The smallest absolute Gasteiger partial charge is 0.323 e. The number of hydrogen-bond donors (Lipinski definition) is 3. The average molecular weight is 361 g/mol. The van der Waals surface area contributed by atoms with Crippen molar-refractivity contribution in [3.63, 3.8) is 0 Å². The van der Waals surface area contributed by atoms with Crippen LogP contribution in [0.3, 0.4) is 0 Å². The van der Waals surface area contributed by atoms with E-state index in [0.29, 0.717) is 18.7 Å². The van der Waals surface area contributed by atoms with Gasteiger partial charge in [-0.25, -0.2) is 4.79 Å². The first-order valence-corrected chi connectivity index (χ1v) is 9.21. The minimum atomic E-state index is -0.740. The highest BCUT2D eigenvalue weighted by Gasteiger charge is 2.51. The first-order valence-electron chi connectivity index (χ1n) is 9.21. The molecule has 1 saturated carbocycles. The van der Waals surface area contributed by atoms with Gasteiger partial charge in [-0.3, -0.25) is 19.6 Å². The zero-order valence-corrected chi connectivity index (χ0v) is 15.6. The lowest BCUT2D eigenvalue weighted by molar-refractivity contribution is -0.132. The number of hydrogen-bond acceptors (Lipinski definition) is 4. The summed E-state index contributed by atoms with van der Waals surface area (Å²) in [5.74, 6) is -0.0205. The summed E-state index contributed by atoms with van der Waals surface area (Å²) in [6.07, 6.45) is 4.39. The SMILES string of the molecule is CC(C)(C)c1cc(NC(=O)CCN2C(=O)NC3(CCCCC3)C2=O)n[nH]1. The second-order valence-corrected chi connectivity index (χ2v) is 8.24. The van der Waals surface area contributed by atoms with E-state index in [1.165, 1.54) is 4.90 Å². The van der Waals surface area contributed by atoms with Crippen molar-refractivity contribution in [2.24, 2.45) is 0 Å². The second-order valence-electron chi connectivity index (χ2n) is 8.24. The molecular formula is C18H27N5O3. The number of H-pyrrole nitrogens is 1. The van der Waals surface area contributed by atoms with Crippen molar-refractivity contribution in [1.82, 2.24) is 20.4 Å². The first kappa shape index (κ1) is 18.4. The van der Waals surface area contributed by atoms with Crippen LogP contribution < -0.4 is 10.6 Å². The molecule has 0 atom stereocenters. The van der Waals surface area contributed by atoms with Gasteiger partial charge in [0.2, 0.25) is 5.91 Å². The molecule has 1 aromatic heterocycles. The Labute approximate surface area is 153 Å². The summed E-state index contributed by atoms with van der Waals surface area (Å²) in [6.45, 7) is 6.22. The van der Waals surface area contributed by atoms with E-state index in [-0.39, 0.29) is 36.2 Å². The van der Waals surface area contributed by atoms with E-state index in [1.807, 2.05) is 20.8 Å². The number of anilines is 1. The first-order chi connectivity index (χ1) is 12.2. The summed E-state index contributed by atoms with van der Waals surface area (Å²) in [4.78, 5) is 38.2. The highest BCUT2D eigenvalue weighted by atomic mass is 16.2. The van der Waals surface area contributed by atoms with Crippen molar-refractivity contribution in [3.05, 3.63) is 11.8 Å². The molecule has 1 aromatic rings. The molecule has 1 saturated heterocycles. The molecule has 142 valence electrons. The number of urea groups is 1. The molecule has 8 heteroatoms. The lowest BCUT2D eigenvalue weighted by atomic mass is 9.82. The highest BCUT2D eigenvalue weighted by molar-refractivity contribution is 6.07. The molecule has 3 rings (SSSR count). The number of aromatic amines is 1. The van der Waals surface area contributed by atoms with Crippen LogP contribution in [-0.4, -0.2) is 45.0 Å². The number of aromatic nitrogens is 2. The third-order valence-electron chi connectivity index (χ3n) is 5.17. The van der Waals surface area contributed by atoms with E-state index in [2.05, 4.69) is 20.8 Å². The molecule has 1 aliphatic carbocycles. The minimum absolute atomic E-state index is 0.0486. The maximum Gasteiger partial charge on any atom is 0.325 e. The third-order valence-corrected chi connectivity index (χ3v) is 5.17. The molecular weight excluding hydrogens is 334 g/mol. The summed E-state index contributed by atoms with van der Waals surface area (Å²) in [5, 5.41) is 12.6. The van der Waals surface area contributed by atoms with Crippen LogP contribution >= 0.6 is 0 Å². The van der Waals surface area contributed by atoms with Crippen LogP contribution in [-0.2, 0) is 15.0 Å². The van der Waals surface area contributed by atoms with Crippen molar-refractivity contribution in [2.45, 2.75) is 70.3 Å². The van der Waals surface area contributed by atoms with Gasteiger partial charge >= 0.3 is 6.03 Å². The Bertz CT molecular complexity index is 713. The summed E-state index contributed by atoms with van der Waals surface area (Å²) < 4.78 is 0. The van der Waals surface area contributed by atoms with Crippen molar-refractivity contribution in [1.29, 1.82) is 0 Å². The van der Waals surface area contributed by atoms with Crippen LogP contribution in [0.5, 0.6) is 0 Å². The molecule has 2 fully saturated rings. The van der Waals surface area contributed by atoms with Crippen molar-refractivity contribution in [2.75, 3.05) is 11.9 Å². The molecule has 1 aliphatic heterocycles. The number of carbonyl (C=O) groups excluding carboxylic acids is 3. The van der Waals surface area contributed by atoms with Gasteiger partial charge in [-0.05, 0) is 12.8 Å². The number of imide groups is 1. The second kappa shape index (κ2) is 6.74. The Kier molecular flexibility index (Phi) is 4.77. The maximum atomic E-state index is 12.7. The predicted octanol–water partition coefficient (Wildman–Crippen LogP) is 2.29. The van der Waals surface area contributed by atoms with Crippen molar-refractivity contribution < 1.29 is 14.4 Å². The molecule has 0 radical (unpaired) electrons. The van der Waals surface area contributed by atoms with E-state index in [9.17, 15) is 14.4 Å². The van der Waals surface area contributed by atoms with E-state index in [1.54, 1.807) is 6.07 Å². The van der Waals surface area contributed by atoms with Crippen LogP contribution in [0.25, 0.3) is 0 Å². The molecule has 0 unspecified atom stereocenters. The number of carbonyl (C=O) groups is 3. The molecule has 2 aliphatic rings. The zero-order valence-electron chi connectivity index (χ0n) is 15.6. The fourth-order valence-corrected chi connectivity index (χ4v) is 3.56. The van der Waals surface area contributed by atoms with Gasteiger partial charge in [-0.15, -0.1) is 0 Å². The normalized spacial score (nSPS) is 19.7. The number of rotatable bonds is 4. The lowest BCUT2D eigenvalue weighted by Crippen LogP contribution is -2.48. The molecule has 0 aromatic carbocycles. The van der Waals surface area contributed by atoms with Gasteiger partial charge in [0.15, 0.2) is 5.82 Å². The van der Waals surface area contributed by atoms with Gasteiger partial charge < -0.3 is 10.6 Å². The molecule has 4 amide bonds. The molecule has 0 bridgehead atoms. The Morgan fingerprint density at radius 1 is 1.27 bits per heavy atom. The Morgan fingerprint density at radius 3 is 2.58 bits per heavy atom. The average Bonchev–Trinajstić information content (AvgIpc) is 3.11. The molecule has 2 heterocycles. The van der Waals surface area contributed by atoms with Crippen LogP contribution in [0.4, 0.5) is 10.6 Å². The summed E-state index contributed by atoms with van der Waals surface area (Å²) in [6, 6.07) is 1.40.